The van der Waals surface area contributed by atoms with Gasteiger partial charge in [-0.15, -0.1) is 0 Å². The van der Waals surface area contributed by atoms with Crippen LogP contribution in [0.1, 0.15) is 39.2 Å². The minimum Gasteiger partial charge on any atom is -0.443 e. The molecule has 1 aliphatic rings. The van der Waals surface area contributed by atoms with Crippen molar-refractivity contribution >= 4 is 12.0 Å². The van der Waals surface area contributed by atoms with Crippen molar-refractivity contribution in [2.24, 2.45) is 0 Å². The molecule has 20 heavy (non-hydrogen) atoms. The third kappa shape index (κ3) is 3.59. The maximum atomic E-state index is 12.2. The van der Waals surface area contributed by atoms with E-state index in [0.29, 0.717) is 19.3 Å². The van der Waals surface area contributed by atoms with Crippen molar-refractivity contribution in [2.45, 2.75) is 51.7 Å². The zero-order valence-corrected chi connectivity index (χ0v) is 12.3. The number of rotatable bonds is 2. The van der Waals surface area contributed by atoms with Crippen molar-refractivity contribution in [3.05, 3.63) is 35.9 Å². The molecule has 1 saturated heterocycles. The molecular formula is C16H21NO3. The first kappa shape index (κ1) is 14.6. The van der Waals surface area contributed by atoms with Gasteiger partial charge < -0.3 is 4.74 Å². The van der Waals surface area contributed by atoms with Crippen molar-refractivity contribution in [3.8, 4) is 0 Å². The third-order valence-electron chi connectivity index (χ3n) is 3.23. The fourth-order valence-electron chi connectivity index (χ4n) is 2.38. The van der Waals surface area contributed by atoms with Crippen molar-refractivity contribution < 1.29 is 14.3 Å². The maximum absolute atomic E-state index is 12.2. The monoisotopic (exact) mass is 275 g/mol. The van der Waals surface area contributed by atoms with Crippen molar-refractivity contribution in [3.63, 3.8) is 0 Å². The molecule has 4 nitrogen and oxygen atoms in total. The Kier molecular flexibility index (Phi) is 4.12. The van der Waals surface area contributed by atoms with Crippen molar-refractivity contribution in [1.29, 1.82) is 0 Å². The largest absolute Gasteiger partial charge is 0.443 e. The lowest BCUT2D eigenvalue weighted by molar-refractivity contribution is -0.128. The Morgan fingerprint density at radius 1 is 1.30 bits per heavy atom. The summed E-state index contributed by atoms with van der Waals surface area (Å²) in [5.41, 5.74) is 0.540. The zero-order valence-electron chi connectivity index (χ0n) is 12.3. The van der Waals surface area contributed by atoms with Crippen molar-refractivity contribution in [1.82, 2.24) is 4.90 Å². The fraction of sp³-hybridized carbons (Fsp3) is 0.500. The van der Waals surface area contributed by atoms with Crippen LogP contribution in [0.5, 0.6) is 0 Å². The summed E-state index contributed by atoms with van der Waals surface area (Å²) < 4.78 is 5.33. The van der Waals surface area contributed by atoms with Gasteiger partial charge in [0, 0.05) is 12.5 Å². The number of ether oxygens (including phenoxy) is 1. The molecule has 0 aliphatic carbocycles. The van der Waals surface area contributed by atoms with E-state index >= 15 is 0 Å². The van der Waals surface area contributed by atoms with Crippen LogP contribution in [0.4, 0.5) is 4.79 Å². The molecule has 1 aliphatic heterocycles. The van der Waals surface area contributed by atoms with Crippen LogP contribution < -0.4 is 0 Å². The summed E-state index contributed by atoms with van der Waals surface area (Å²) in [6.07, 6.45) is 1.27. The molecule has 2 rings (SSSR count). The molecule has 0 unspecified atom stereocenters. The molecule has 1 atom stereocenters. The minimum atomic E-state index is -0.586. The van der Waals surface area contributed by atoms with Crippen LogP contribution in [0.25, 0.3) is 0 Å². The SMILES string of the molecule is CC(C)(C)OC(=O)N1C(=O)CC[C@@H]1Cc1ccccc1. The highest BCUT2D eigenvalue weighted by Crippen LogP contribution is 2.24. The Bertz CT molecular complexity index is 490. The van der Waals surface area contributed by atoms with Gasteiger partial charge in [-0.05, 0) is 39.2 Å². The number of carbonyl (C=O) groups is 2. The molecule has 0 bridgehead atoms. The summed E-state index contributed by atoms with van der Waals surface area (Å²) in [7, 11) is 0. The molecular weight excluding hydrogens is 254 g/mol. The Hall–Kier alpha value is -1.84. The number of benzene rings is 1. The summed E-state index contributed by atoms with van der Waals surface area (Å²) in [5, 5.41) is 0. The van der Waals surface area contributed by atoms with E-state index in [4.69, 9.17) is 4.74 Å². The lowest BCUT2D eigenvalue weighted by Crippen LogP contribution is -2.43. The third-order valence-corrected chi connectivity index (χ3v) is 3.23. The highest BCUT2D eigenvalue weighted by molar-refractivity contribution is 5.94. The quantitative estimate of drug-likeness (QED) is 0.833. The van der Waals surface area contributed by atoms with Gasteiger partial charge in [0.25, 0.3) is 0 Å². The molecule has 1 aromatic carbocycles. The highest BCUT2D eigenvalue weighted by Gasteiger charge is 2.38. The summed E-state index contributed by atoms with van der Waals surface area (Å²) in [6, 6.07) is 9.80. The normalized spacial score (nSPS) is 19.2. The van der Waals surface area contributed by atoms with Crippen LogP contribution in [0.2, 0.25) is 0 Å². The lowest BCUT2D eigenvalue weighted by atomic mass is 10.0. The van der Waals surface area contributed by atoms with E-state index < -0.39 is 11.7 Å². The van der Waals surface area contributed by atoms with Gasteiger partial charge in [0.2, 0.25) is 5.91 Å². The van der Waals surface area contributed by atoms with Gasteiger partial charge in [0.1, 0.15) is 5.60 Å². The average Bonchev–Trinajstić information content (AvgIpc) is 2.69. The molecule has 0 aromatic heterocycles. The Balaban J connectivity index is 2.09. The predicted molar refractivity (Wildman–Crippen MR) is 76.2 cm³/mol. The van der Waals surface area contributed by atoms with Crippen LogP contribution in [-0.2, 0) is 16.0 Å². The van der Waals surface area contributed by atoms with Gasteiger partial charge in [0.15, 0.2) is 0 Å². The summed E-state index contributed by atoms with van der Waals surface area (Å²) in [6.45, 7) is 5.41. The molecule has 0 spiro atoms. The number of carbonyl (C=O) groups excluding carboxylic acids is 2. The number of hydrogen-bond donors (Lipinski definition) is 0. The molecule has 2 amide bonds. The van der Waals surface area contributed by atoms with E-state index in [1.807, 2.05) is 30.3 Å². The zero-order chi connectivity index (χ0) is 14.8. The average molecular weight is 275 g/mol. The van der Waals surface area contributed by atoms with Gasteiger partial charge in [-0.2, -0.15) is 0 Å². The second-order valence-corrected chi connectivity index (χ2v) is 6.13. The molecule has 1 fully saturated rings. The second kappa shape index (κ2) is 5.65. The first-order valence-corrected chi connectivity index (χ1v) is 6.96. The second-order valence-electron chi connectivity index (χ2n) is 6.13. The maximum Gasteiger partial charge on any atom is 0.417 e. The van der Waals surface area contributed by atoms with Crippen LogP contribution in [0.15, 0.2) is 30.3 Å². The lowest BCUT2D eigenvalue weighted by Gasteiger charge is -2.27. The van der Waals surface area contributed by atoms with Crippen molar-refractivity contribution in [2.75, 3.05) is 0 Å². The van der Waals surface area contributed by atoms with Crippen LogP contribution >= 0.6 is 0 Å². The minimum absolute atomic E-state index is 0.0975. The van der Waals surface area contributed by atoms with E-state index in [1.165, 1.54) is 4.90 Å². The fourth-order valence-corrected chi connectivity index (χ4v) is 2.38. The van der Waals surface area contributed by atoms with Crippen LogP contribution in [0.3, 0.4) is 0 Å². The standard InChI is InChI=1S/C16H21NO3/c1-16(2,3)20-15(19)17-13(9-10-14(17)18)11-12-7-5-4-6-8-12/h4-8,13H,9-11H2,1-3H3/t13-/m1/s1. The highest BCUT2D eigenvalue weighted by atomic mass is 16.6. The molecule has 0 saturated carbocycles. The Labute approximate surface area is 119 Å². The molecule has 108 valence electrons. The molecule has 0 N–H and O–H groups in total. The van der Waals surface area contributed by atoms with Crippen LogP contribution in [0, 0.1) is 0 Å². The predicted octanol–water partition coefficient (Wildman–Crippen LogP) is 3.16. The Morgan fingerprint density at radius 3 is 2.55 bits per heavy atom. The van der Waals surface area contributed by atoms with Gasteiger partial charge in [-0.1, -0.05) is 30.3 Å². The first-order valence-electron chi connectivity index (χ1n) is 6.96. The van der Waals surface area contributed by atoms with Crippen LogP contribution in [-0.4, -0.2) is 28.5 Å². The smallest absolute Gasteiger partial charge is 0.417 e. The molecule has 0 radical (unpaired) electrons. The summed E-state index contributed by atoms with van der Waals surface area (Å²) in [4.78, 5) is 25.4. The molecule has 1 heterocycles. The number of amides is 2. The summed E-state index contributed by atoms with van der Waals surface area (Å²) in [5.74, 6) is -0.139. The van der Waals surface area contributed by atoms with Gasteiger partial charge in [-0.25, -0.2) is 9.69 Å². The number of hydrogen-bond acceptors (Lipinski definition) is 3. The number of nitrogens with zero attached hydrogens (tertiary/aromatic N) is 1. The van der Waals surface area contributed by atoms with Gasteiger partial charge >= 0.3 is 6.09 Å². The van der Waals surface area contributed by atoms with E-state index in [9.17, 15) is 9.59 Å². The van der Waals surface area contributed by atoms with Gasteiger partial charge in [-0.3, -0.25) is 4.79 Å². The Morgan fingerprint density at radius 2 is 1.95 bits per heavy atom. The topological polar surface area (TPSA) is 46.6 Å². The number of likely N-dealkylation sites (tertiary alicyclic amines) is 1. The molecule has 4 heteroatoms. The van der Waals surface area contributed by atoms with E-state index in [-0.39, 0.29) is 11.9 Å². The van der Waals surface area contributed by atoms with E-state index in [2.05, 4.69) is 0 Å². The summed E-state index contributed by atoms with van der Waals surface area (Å²) >= 11 is 0. The van der Waals surface area contributed by atoms with E-state index in [1.54, 1.807) is 20.8 Å². The first-order chi connectivity index (χ1) is 9.37. The van der Waals surface area contributed by atoms with E-state index in [0.717, 1.165) is 5.56 Å². The van der Waals surface area contributed by atoms with Gasteiger partial charge in [0.05, 0.1) is 0 Å². The molecule has 1 aromatic rings. The number of imide groups is 1.